The highest BCUT2D eigenvalue weighted by atomic mass is 19.2. The average molecular weight is 387 g/mol. The van der Waals surface area contributed by atoms with E-state index in [-0.39, 0.29) is 24.7 Å². The fraction of sp³-hybridized carbons (Fsp3) is 0.556. The summed E-state index contributed by atoms with van der Waals surface area (Å²) in [7, 11) is 1.58. The molecule has 1 saturated heterocycles. The smallest absolute Gasteiger partial charge is 0.239 e. The highest BCUT2D eigenvalue weighted by Gasteiger charge is 2.30. The second kappa shape index (κ2) is 8.71. The molecule has 1 N–H and O–H groups in total. The summed E-state index contributed by atoms with van der Waals surface area (Å²) in [6, 6.07) is 1.07. The number of nitrogens with one attached hydrogen (secondary N) is 1. The first-order valence-electron chi connectivity index (χ1n) is 8.68. The summed E-state index contributed by atoms with van der Waals surface area (Å²) in [6.45, 7) is 6.14. The number of amides is 2. The highest BCUT2D eigenvalue weighted by molar-refractivity contribution is 5.93. The van der Waals surface area contributed by atoms with Gasteiger partial charge in [-0.05, 0) is 40.0 Å². The molecule has 0 aliphatic carbocycles. The van der Waals surface area contributed by atoms with Gasteiger partial charge < -0.3 is 15.0 Å². The van der Waals surface area contributed by atoms with Crippen molar-refractivity contribution in [3.05, 3.63) is 29.6 Å². The Kier molecular flexibility index (Phi) is 6.83. The summed E-state index contributed by atoms with van der Waals surface area (Å²) in [5.41, 5.74) is -0.456. The number of hydrogen-bond acceptors (Lipinski definition) is 4. The van der Waals surface area contributed by atoms with Gasteiger partial charge in [0.15, 0.2) is 17.5 Å². The van der Waals surface area contributed by atoms with E-state index in [9.17, 15) is 22.8 Å². The summed E-state index contributed by atoms with van der Waals surface area (Å²) in [6.07, 6.45) is -0.148. The molecule has 3 atom stereocenters. The van der Waals surface area contributed by atoms with Gasteiger partial charge >= 0.3 is 0 Å². The zero-order valence-corrected chi connectivity index (χ0v) is 15.8. The number of morpholine rings is 1. The van der Waals surface area contributed by atoms with Crippen molar-refractivity contribution in [2.75, 3.05) is 32.0 Å². The molecule has 1 aromatic carbocycles. The van der Waals surface area contributed by atoms with Crippen molar-refractivity contribution >= 4 is 17.5 Å². The van der Waals surface area contributed by atoms with Gasteiger partial charge in [0, 0.05) is 13.1 Å². The Morgan fingerprint density at radius 1 is 1.22 bits per heavy atom. The van der Waals surface area contributed by atoms with E-state index in [1.165, 1.54) is 4.90 Å². The summed E-state index contributed by atoms with van der Waals surface area (Å²) < 4.78 is 45.4. The number of likely N-dealkylation sites (N-methyl/N-ethyl adjacent to an activating group) is 1. The van der Waals surface area contributed by atoms with E-state index in [2.05, 4.69) is 5.32 Å². The van der Waals surface area contributed by atoms with Crippen molar-refractivity contribution in [2.45, 2.75) is 39.0 Å². The first-order chi connectivity index (χ1) is 12.6. The molecule has 0 spiro atoms. The first-order valence-corrected chi connectivity index (χ1v) is 8.68. The summed E-state index contributed by atoms with van der Waals surface area (Å²) in [4.78, 5) is 27.9. The van der Waals surface area contributed by atoms with Gasteiger partial charge in [-0.15, -0.1) is 0 Å². The number of carbonyl (C=O) groups excluding carboxylic acids is 2. The first kappa shape index (κ1) is 21.2. The van der Waals surface area contributed by atoms with Crippen molar-refractivity contribution in [3.63, 3.8) is 0 Å². The maximum Gasteiger partial charge on any atom is 0.239 e. The zero-order valence-electron chi connectivity index (χ0n) is 15.8. The topological polar surface area (TPSA) is 61.9 Å². The number of anilines is 1. The molecule has 6 nitrogen and oxygen atoms in total. The number of nitrogens with zero attached hydrogens (tertiary/aromatic N) is 2. The van der Waals surface area contributed by atoms with Crippen LogP contribution < -0.4 is 5.32 Å². The third-order valence-electron chi connectivity index (χ3n) is 4.45. The Hall–Kier alpha value is -2.13. The Morgan fingerprint density at radius 2 is 1.81 bits per heavy atom. The summed E-state index contributed by atoms with van der Waals surface area (Å²) in [5, 5.41) is 2.19. The van der Waals surface area contributed by atoms with E-state index < -0.39 is 35.1 Å². The van der Waals surface area contributed by atoms with Crippen LogP contribution in [0.5, 0.6) is 0 Å². The van der Waals surface area contributed by atoms with Crippen molar-refractivity contribution in [1.29, 1.82) is 0 Å². The van der Waals surface area contributed by atoms with Crippen LogP contribution in [-0.2, 0) is 14.3 Å². The predicted molar refractivity (Wildman–Crippen MR) is 93.6 cm³/mol. The fourth-order valence-electron chi connectivity index (χ4n) is 2.99. The number of hydrogen-bond donors (Lipinski definition) is 1. The molecule has 0 saturated carbocycles. The molecule has 0 radical (unpaired) electrons. The second-order valence-corrected chi connectivity index (χ2v) is 6.86. The molecule has 150 valence electrons. The summed E-state index contributed by atoms with van der Waals surface area (Å²) >= 11 is 0. The Balaban J connectivity index is 1.95. The second-order valence-electron chi connectivity index (χ2n) is 6.86. The molecule has 1 aliphatic rings. The zero-order chi connectivity index (χ0) is 20.3. The van der Waals surface area contributed by atoms with Gasteiger partial charge in [-0.25, -0.2) is 13.2 Å². The van der Waals surface area contributed by atoms with Crippen molar-refractivity contribution in [1.82, 2.24) is 9.80 Å². The standard InChI is InChI=1S/C18H24F3N3O3/c1-10-7-24(8-11(2)27-10)18(26)12(3)23(4)9-15(25)22-14-6-5-13(19)16(20)17(14)21/h5-6,10-12H,7-9H2,1-4H3,(H,22,25). The minimum absolute atomic E-state index is 0.0742. The van der Waals surface area contributed by atoms with Gasteiger partial charge in [0.25, 0.3) is 0 Å². The largest absolute Gasteiger partial charge is 0.372 e. The van der Waals surface area contributed by atoms with E-state index in [0.717, 1.165) is 12.1 Å². The van der Waals surface area contributed by atoms with Crippen molar-refractivity contribution < 1.29 is 27.5 Å². The molecule has 1 aliphatic heterocycles. The number of carbonyl (C=O) groups is 2. The van der Waals surface area contributed by atoms with E-state index in [1.54, 1.807) is 18.9 Å². The van der Waals surface area contributed by atoms with Gasteiger partial charge in [-0.2, -0.15) is 0 Å². The molecule has 1 fully saturated rings. The fourth-order valence-corrected chi connectivity index (χ4v) is 2.99. The maximum atomic E-state index is 13.6. The maximum absolute atomic E-state index is 13.6. The molecule has 0 aromatic heterocycles. The minimum Gasteiger partial charge on any atom is -0.372 e. The molecular formula is C18H24F3N3O3. The lowest BCUT2D eigenvalue weighted by molar-refractivity contribution is -0.148. The van der Waals surface area contributed by atoms with Crippen molar-refractivity contribution in [3.8, 4) is 0 Å². The van der Waals surface area contributed by atoms with Crippen LogP contribution in [0.2, 0.25) is 0 Å². The van der Waals surface area contributed by atoms with Crippen LogP contribution in [-0.4, -0.2) is 66.5 Å². The monoisotopic (exact) mass is 387 g/mol. The van der Waals surface area contributed by atoms with Crippen LogP contribution in [0.3, 0.4) is 0 Å². The Bertz CT molecular complexity index is 707. The molecular weight excluding hydrogens is 363 g/mol. The predicted octanol–water partition coefficient (Wildman–Crippen LogP) is 2.00. The Labute approximate surface area is 156 Å². The van der Waals surface area contributed by atoms with E-state index in [4.69, 9.17) is 4.74 Å². The van der Waals surface area contributed by atoms with E-state index in [0.29, 0.717) is 13.1 Å². The van der Waals surface area contributed by atoms with Gasteiger partial charge in [-0.1, -0.05) is 0 Å². The van der Waals surface area contributed by atoms with Crippen LogP contribution in [0.4, 0.5) is 18.9 Å². The van der Waals surface area contributed by atoms with Gasteiger partial charge in [-0.3, -0.25) is 14.5 Å². The molecule has 1 heterocycles. The van der Waals surface area contributed by atoms with Crippen LogP contribution in [0.25, 0.3) is 0 Å². The third-order valence-corrected chi connectivity index (χ3v) is 4.45. The minimum atomic E-state index is -1.65. The molecule has 0 bridgehead atoms. The van der Waals surface area contributed by atoms with Crippen LogP contribution >= 0.6 is 0 Å². The van der Waals surface area contributed by atoms with E-state index >= 15 is 0 Å². The lowest BCUT2D eigenvalue weighted by Crippen LogP contribution is -2.54. The number of ether oxygens (including phenoxy) is 1. The summed E-state index contributed by atoms with van der Waals surface area (Å²) in [5.74, 6) is -5.25. The van der Waals surface area contributed by atoms with Crippen LogP contribution in [0.1, 0.15) is 20.8 Å². The van der Waals surface area contributed by atoms with Gasteiger partial charge in [0.1, 0.15) is 0 Å². The molecule has 3 unspecified atom stereocenters. The number of halogens is 3. The molecule has 9 heteroatoms. The Morgan fingerprint density at radius 3 is 2.41 bits per heavy atom. The molecule has 2 rings (SSSR count). The van der Waals surface area contributed by atoms with Gasteiger partial charge in [0.05, 0.1) is 30.5 Å². The van der Waals surface area contributed by atoms with Gasteiger partial charge in [0.2, 0.25) is 11.8 Å². The average Bonchev–Trinajstić information content (AvgIpc) is 2.60. The van der Waals surface area contributed by atoms with Crippen LogP contribution in [0, 0.1) is 17.5 Å². The quantitative estimate of drug-likeness (QED) is 0.785. The van der Waals surface area contributed by atoms with E-state index in [1.807, 2.05) is 13.8 Å². The van der Waals surface area contributed by atoms with Crippen molar-refractivity contribution in [2.24, 2.45) is 0 Å². The van der Waals surface area contributed by atoms with Crippen LogP contribution in [0.15, 0.2) is 12.1 Å². The molecule has 1 aromatic rings. The third kappa shape index (κ3) is 5.20. The lowest BCUT2D eigenvalue weighted by atomic mass is 10.2. The SMILES string of the molecule is CC1CN(C(=O)C(C)N(C)CC(=O)Nc2ccc(F)c(F)c2F)CC(C)O1. The number of rotatable bonds is 5. The molecule has 2 amide bonds. The lowest BCUT2D eigenvalue weighted by Gasteiger charge is -2.38. The molecule has 27 heavy (non-hydrogen) atoms. The number of benzene rings is 1. The normalized spacial score (nSPS) is 21.3. The highest BCUT2D eigenvalue weighted by Crippen LogP contribution is 2.19.